The largest absolute Gasteiger partial charge is 0.317 e. The van der Waals surface area contributed by atoms with Gasteiger partial charge in [-0.15, -0.1) is 0 Å². The SMILES string of the molecule is CNC1CCN(Cc2c(C)cccc2C)CC1C. The van der Waals surface area contributed by atoms with E-state index in [4.69, 9.17) is 0 Å². The Morgan fingerprint density at radius 2 is 1.94 bits per heavy atom. The number of nitrogens with one attached hydrogen (secondary N) is 1. The Morgan fingerprint density at radius 1 is 1.28 bits per heavy atom. The molecule has 100 valence electrons. The van der Waals surface area contributed by atoms with E-state index in [1.807, 2.05) is 0 Å². The molecule has 1 heterocycles. The van der Waals surface area contributed by atoms with Gasteiger partial charge in [0.1, 0.15) is 0 Å². The molecule has 1 N–H and O–H groups in total. The molecule has 0 amide bonds. The lowest BCUT2D eigenvalue weighted by Crippen LogP contribution is -2.46. The third-order valence-corrected chi connectivity index (χ3v) is 4.39. The summed E-state index contributed by atoms with van der Waals surface area (Å²) in [5, 5.41) is 3.43. The van der Waals surface area contributed by atoms with Crippen LogP contribution >= 0.6 is 0 Å². The molecule has 2 nitrogen and oxygen atoms in total. The standard InChI is InChI=1S/C16H26N2/c1-12-6-5-7-13(2)15(12)11-18-9-8-16(17-4)14(3)10-18/h5-7,14,16-17H,8-11H2,1-4H3. The van der Waals surface area contributed by atoms with E-state index < -0.39 is 0 Å². The second kappa shape index (κ2) is 5.85. The highest BCUT2D eigenvalue weighted by Gasteiger charge is 2.24. The van der Waals surface area contributed by atoms with E-state index >= 15 is 0 Å². The Labute approximate surface area is 111 Å². The average molecular weight is 246 g/mol. The van der Waals surface area contributed by atoms with Gasteiger partial charge in [-0.1, -0.05) is 25.1 Å². The Balaban J connectivity index is 2.03. The molecular weight excluding hydrogens is 220 g/mol. The van der Waals surface area contributed by atoms with Crippen LogP contribution in [-0.4, -0.2) is 31.1 Å². The number of aryl methyl sites for hydroxylation is 2. The number of hydrogen-bond donors (Lipinski definition) is 1. The van der Waals surface area contributed by atoms with Gasteiger partial charge >= 0.3 is 0 Å². The molecular formula is C16H26N2. The first-order valence-electron chi connectivity index (χ1n) is 7.06. The van der Waals surface area contributed by atoms with E-state index in [0.717, 1.165) is 12.5 Å². The van der Waals surface area contributed by atoms with Gasteiger partial charge in [-0.25, -0.2) is 0 Å². The van der Waals surface area contributed by atoms with E-state index in [1.165, 1.54) is 36.2 Å². The summed E-state index contributed by atoms with van der Waals surface area (Å²) in [5.74, 6) is 0.744. The van der Waals surface area contributed by atoms with E-state index in [2.05, 4.69) is 56.2 Å². The predicted molar refractivity (Wildman–Crippen MR) is 77.8 cm³/mol. The third-order valence-electron chi connectivity index (χ3n) is 4.39. The minimum Gasteiger partial charge on any atom is -0.317 e. The van der Waals surface area contributed by atoms with Gasteiger partial charge in [0.05, 0.1) is 0 Å². The van der Waals surface area contributed by atoms with E-state index in [9.17, 15) is 0 Å². The Hall–Kier alpha value is -0.860. The molecule has 0 radical (unpaired) electrons. The van der Waals surface area contributed by atoms with Crippen LogP contribution in [0, 0.1) is 19.8 Å². The van der Waals surface area contributed by atoms with Gasteiger partial charge in [0.2, 0.25) is 0 Å². The first kappa shape index (κ1) is 13.6. The number of rotatable bonds is 3. The maximum Gasteiger partial charge on any atom is 0.0239 e. The van der Waals surface area contributed by atoms with Crippen molar-refractivity contribution in [3.8, 4) is 0 Å². The molecule has 1 aromatic rings. The number of piperidine rings is 1. The molecule has 0 spiro atoms. The molecule has 2 rings (SSSR count). The van der Waals surface area contributed by atoms with Crippen LogP contribution in [0.15, 0.2) is 18.2 Å². The Kier molecular flexibility index (Phi) is 4.41. The maximum atomic E-state index is 3.43. The lowest BCUT2D eigenvalue weighted by atomic mass is 9.93. The van der Waals surface area contributed by atoms with Crippen molar-refractivity contribution in [2.75, 3.05) is 20.1 Å². The zero-order valence-electron chi connectivity index (χ0n) is 12.2. The van der Waals surface area contributed by atoms with Gasteiger partial charge in [-0.2, -0.15) is 0 Å². The molecule has 1 aliphatic heterocycles. The number of hydrogen-bond acceptors (Lipinski definition) is 2. The van der Waals surface area contributed by atoms with Crippen LogP contribution in [0.2, 0.25) is 0 Å². The summed E-state index contributed by atoms with van der Waals surface area (Å²) in [4.78, 5) is 2.60. The van der Waals surface area contributed by atoms with Crippen molar-refractivity contribution in [3.05, 3.63) is 34.9 Å². The second-order valence-corrected chi connectivity index (χ2v) is 5.77. The third kappa shape index (κ3) is 2.93. The molecule has 0 aromatic heterocycles. The van der Waals surface area contributed by atoms with E-state index in [0.29, 0.717) is 6.04 Å². The van der Waals surface area contributed by atoms with Crippen LogP contribution in [0.4, 0.5) is 0 Å². The van der Waals surface area contributed by atoms with Gasteiger partial charge in [0.25, 0.3) is 0 Å². The van der Waals surface area contributed by atoms with Gasteiger partial charge in [-0.3, -0.25) is 4.90 Å². The molecule has 2 atom stereocenters. The molecule has 0 aliphatic carbocycles. The van der Waals surface area contributed by atoms with Crippen LogP contribution in [0.1, 0.15) is 30.0 Å². The number of likely N-dealkylation sites (tertiary alicyclic amines) is 1. The average Bonchev–Trinajstić information content (AvgIpc) is 2.34. The normalized spacial score (nSPS) is 25.3. The molecule has 18 heavy (non-hydrogen) atoms. The van der Waals surface area contributed by atoms with Crippen LogP contribution < -0.4 is 5.32 Å². The van der Waals surface area contributed by atoms with Crippen LogP contribution in [0.5, 0.6) is 0 Å². The zero-order chi connectivity index (χ0) is 13.1. The van der Waals surface area contributed by atoms with Gasteiger partial charge in [0.15, 0.2) is 0 Å². The van der Waals surface area contributed by atoms with Crippen molar-refractivity contribution in [3.63, 3.8) is 0 Å². The van der Waals surface area contributed by atoms with E-state index in [-0.39, 0.29) is 0 Å². The zero-order valence-corrected chi connectivity index (χ0v) is 12.2. The molecule has 2 heteroatoms. The fourth-order valence-corrected chi connectivity index (χ4v) is 3.13. The summed E-state index contributed by atoms with van der Waals surface area (Å²) < 4.78 is 0. The number of benzene rings is 1. The van der Waals surface area contributed by atoms with Crippen molar-refractivity contribution >= 4 is 0 Å². The van der Waals surface area contributed by atoms with Crippen molar-refractivity contribution < 1.29 is 0 Å². The summed E-state index contributed by atoms with van der Waals surface area (Å²) in [6, 6.07) is 7.31. The summed E-state index contributed by atoms with van der Waals surface area (Å²) in [6.45, 7) is 10.3. The van der Waals surface area contributed by atoms with Gasteiger partial charge in [-0.05, 0) is 56.5 Å². The van der Waals surface area contributed by atoms with Crippen LogP contribution in [-0.2, 0) is 6.54 Å². The highest BCUT2D eigenvalue weighted by atomic mass is 15.1. The molecule has 1 aromatic carbocycles. The Bertz CT molecular complexity index is 380. The first-order chi connectivity index (χ1) is 8.61. The second-order valence-electron chi connectivity index (χ2n) is 5.77. The number of nitrogens with zero attached hydrogens (tertiary/aromatic N) is 1. The molecule has 0 saturated carbocycles. The van der Waals surface area contributed by atoms with Crippen LogP contribution in [0.25, 0.3) is 0 Å². The topological polar surface area (TPSA) is 15.3 Å². The first-order valence-corrected chi connectivity index (χ1v) is 7.06. The minimum absolute atomic E-state index is 0.694. The summed E-state index contributed by atoms with van der Waals surface area (Å²) in [7, 11) is 2.09. The van der Waals surface area contributed by atoms with Crippen molar-refractivity contribution in [2.24, 2.45) is 5.92 Å². The lowest BCUT2D eigenvalue weighted by Gasteiger charge is -2.37. The molecule has 1 saturated heterocycles. The highest BCUT2D eigenvalue weighted by Crippen LogP contribution is 2.21. The smallest absolute Gasteiger partial charge is 0.0239 e. The Morgan fingerprint density at radius 3 is 2.50 bits per heavy atom. The molecule has 1 fully saturated rings. The molecule has 0 bridgehead atoms. The maximum absolute atomic E-state index is 3.43. The fraction of sp³-hybridized carbons (Fsp3) is 0.625. The summed E-state index contributed by atoms with van der Waals surface area (Å²) in [6.07, 6.45) is 1.27. The molecule has 2 unspecified atom stereocenters. The lowest BCUT2D eigenvalue weighted by molar-refractivity contribution is 0.144. The monoisotopic (exact) mass is 246 g/mol. The quantitative estimate of drug-likeness (QED) is 0.882. The van der Waals surface area contributed by atoms with Crippen molar-refractivity contribution in [2.45, 2.75) is 39.8 Å². The van der Waals surface area contributed by atoms with E-state index in [1.54, 1.807) is 0 Å². The minimum atomic E-state index is 0.694. The summed E-state index contributed by atoms with van der Waals surface area (Å²) >= 11 is 0. The summed E-state index contributed by atoms with van der Waals surface area (Å²) in [5.41, 5.74) is 4.38. The fourth-order valence-electron chi connectivity index (χ4n) is 3.13. The van der Waals surface area contributed by atoms with Crippen LogP contribution in [0.3, 0.4) is 0 Å². The van der Waals surface area contributed by atoms with Gasteiger partial charge in [0, 0.05) is 19.1 Å². The van der Waals surface area contributed by atoms with Crippen molar-refractivity contribution in [1.29, 1.82) is 0 Å². The molecule has 1 aliphatic rings. The highest BCUT2D eigenvalue weighted by molar-refractivity contribution is 5.33. The predicted octanol–water partition coefficient (Wildman–Crippen LogP) is 2.73. The van der Waals surface area contributed by atoms with Crippen molar-refractivity contribution in [1.82, 2.24) is 10.2 Å². The van der Waals surface area contributed by atoms with Gasteiger partial charge < -0.3 is 5.32 Å².